The molecule has 0 aromatic heterocycles. The predicted octanol–water partition coefficient (Wildman–Crippen LogP) is 2.10. The third kappa shape index (κ3) is 2.59. The molecule has 1 heterocycles. The monoisotopic (exact) mass is 303 g/mol. The summed E-state index contributed by atoms with van der Waals surface area (Å²) in [5.41, 5.74) is 7.10. The Kier molecular flexibility index (Phi) is 3.87. The summed E-state index contributed by atoms with van der Waals surface area (Å²) in [7, 11) is 0. The van der Waals surface area contributed by atoms with Gasteiger partial charge in [-0.25, -0.2) is 0 Å². The largest absolute Gasteiger partial charge is 0.338 e. The second kappa shape index (κ2) is 5.68. The zero-order valence-corrected chi connectivity index (χ0v) is 12.7. The molecule has 1 amide bonds. The molecule has 118 valence electrons. The molecule has 1 aromatic rings. The van der Waals surface area contributed by atoms with Crippen molar-refractivity contribution in [2.75, 3.05) is 13.1 Å². The van der Waals surface area contributed by atoms with Crippen LogP contribution >= 0.6 is 0 Å². The van der Waals surface area contributed by atoms with Gasteiger partial charge in [-0.3, -0.25) is 14.9 Å². The van der Waals surface area contributed by atoms with Crippen LogP contribution < -0.4 is 5.73 Å². The van der Waals surface area contributed by atoms with Crippen LogP contribution in [0.1, 0.15) is 35.2 Å². The van der Waals surface area contributed by atoms with E-state index in [9.17, 15) is 14.9 Å². The topological polar surface area (TPSA) is 89.5 Å². The number of rotatable bonds is 2. The number of aryl methyl sites for hydroxylation is 1. The molecular weight excluding hydrogens is 282 g/mol. The highest BCUT2D eigenvalue weighted by molar-refractivity contribution is 5.98. The first kappa shape index (κ1) is 15.0. The zero-order chi connectivity index (χ0) is 15.9. The quantitative estimate of drug-likeness (QED) is 0.669. The van der Waals surface area contributed by atoms with Gasteiger partial charge in [0.2, 0.25) is 0 Å². The number of amides is 1. The second-order valence-corrected chi connectivity index (χ2v) is 6.51. The molecule has 1 saturated heterocycles. The fourth-order valence-electron chi connectivity index (χ4n) is 3.83. The maximum Gasteiger partial charge on any atom is 0.282 e. The van der Waals surface area contributed by atoms with Crippen LogP contribution in [0.15, 0.2) is 18.2 Å². The SMILES string of the molecule is Cc1ccc([N+](=O)[O-])c(C(=O)N2CC3CCCC(N)C3C2)c1. The molecule has 1 saturated carbocycles. The third-order valence-corrected chi connectivity index (χ3v) is 5.02. The van der Waals surface area contributed by atoms with Gasteiger partial charge in [-0.05, 0) is 43.2 Å². The second-order valence-electron chi connectivity index (χ2n) is 6.51. The average molecular weight is 303 g/mol. The molecule has 3 rings (SSSR count). The van der Waals surface area contributed by atoms with Crippen molar-refractivity contribution in [3.8, 4) is 0 Å². The molecule has 6 heteroatoms. The molecule has 2 fully saturated rings. The average Bonchev–Trinajstić information content (AvgIpc) is 2.91. The van der Waals surface area contributed by atoms with Crippen LogP contribution in [0.2, 0.25) is 0 Å². The lowest BCUT2D eigenvalue weighted by molar-refractivity contribution is -0.385. The minimum atomic E-state index is -0.485. The van der Waals surface area contributed by atoms with Gasteiger partial charge in [0.1, 0.15) is 5.56 Å². The first-order valence-electron chi connectivity index (χ1n) is 7.77. The van der Waals surface area contributed by atoms with E-state index in [0.29, 0.717) is 24.9 Å². The molecular formula is C16H21N3O3. The normalized spacial score (nSPS) is 27.5. The van der Waals surface area contributed by atoms with Crippen molar-refractivity contribution >= 4 is 11.6 Å². The van der Waals surface area contributed by atoms with Gasteiger partial charge in [0.05, 0.1) is 4.92 Å². The predicted molar refractivity (Wildman–Crippen MR) is 82.5 cm³/mol. The zero-order valence-electron chi connectivity index (χ0n) is 12.7. The van der Waals surface area contributed by atoms with E-state index in [1.807, 2.05) is 6.92 Å². The molecule has 3 atom stereocenters. The van der Waals surface area contributed by atoms with Crippen LogP contribution in [0.5, 0.6) is 0 Å². The Hall–Kier alpha value is -1.95. The van der Waals surface area contributed by atoms with Crippen LogP contribution in [0, 0.1) is 28.9 Å². The van der Waals surface area contributed by atoms with Crippen molar-refractivity contribution < 1.29 is 9.72 Å². The Balaban J connectivity index is 1.86. The van der Waals surface area contributed by atoms with Gasteiger partial charge in [0.15, 0.2) is 0 Å². The lowest BCUT2D eigenvalue weighted by Gasteiger charge is -2.29. The summed E-state index contributed by atoms with van der Waals surface area (Å²) < 4.78 is 0. The van der Waals surface area contributed by atoms with Crippen molar-refractivity contribution in [2.24, 2.45) is 17.6 Å². The minimum Gasteiger partial charge on any atom is -0.338 e. The molecule has 1 aromatic carbocycles. The van der Waals surface area contributed by atoms with Gasteiger partial charge in [0.25, 0.3) is 11.6 Å². The van der Waals surface area contributed by atoms with Gasteiger partial charge < -0.3 is 10.6 Å². The van der Waals surface area contributed by atoms with Gasteiger partial charge in [-0.2, -0.15) is 0 Å². The number of nitro groups is 1. The first-order valence-corrected chi connectivity index (χ1v) is 7.77. The molecule has 1 aliphatic heterocycles. The molecule has 6 nitrogen and oxygen atoms in total. The van der Waals surface area contributed by atoms with Gasteiger partial charge in [-0.1, -0.05) is 12.5 Å². The fourth-order valence-corrected chi connectivity index (χ4v) is 3.83. The number of nitro benzene ring substituents is 1. The molecule has 0 spiro atoms. The highest BCUT2D eigenvalue weighted by atomic mass is 16.6. The summed E-state index contributed by atoms with van der Waals surface area (Å²) in [4.78, 5) is 25.2. The Morgan fingerprint density at radius 1 is 1.36 bits per heavy atom. The highest BCUT2D eigenvalue weighted by Gasteiger charge is 2.41. The number of fused-ring (bicyclic) bond motifs is 1. The van der Waals surface area contributed by atoms with E-state index in [2.05, 4.69) is 0 Å². The lowest BCUT2D eigenvalue weighted by atomic mass is 9.78. The molecule has 3 unspecified atom stereocenters. The number of hydrogen-bond donors (Lipinski definition) is 1. The van der Waals surface area contributed by atoms with Crippen LogP contribution in [-0.2, 0) is 0 Å². The Morgan fingerprint density at radius 3 is 2.82 bits per heavy atom. The number of nitrogens with two attached hydrogens (primary N) is 1. The molecule has 0 bridgehead atoms. The molecule has 22 heavy (non-hydrogen) atoms. The van der Waals surface area contributed by atoms with Crippen molar-refractivity contribution in [3.05, 3.63) is 39.4 Å². The molecule has 2 N–H and O–H groups in total. The van der Waals surface area contributed by atoms with Gasteiger partial charge in [-0.15, -0.1) is 0 Å². The lowest BCUT2D eigenvalue weighted by Crippen LogP contribution is -2.38. The maximum atomic E-state index is 12.8. The van der Waals surface area contributed by atoms with Crippen LogP contribution in [-0.4, -0.2) is 34.9 Å². The molecule has 0 radical (unpaired) electrons. The Bertz CT molecular complexity index is 617. The van der Waals surface area contributed by atoms with Crippen LogP contribution in [0.25, 0.3) is 0 Å². The van der Waals surface area contributed by atoms with E-state index in [-0.39, 0.29) is 23.2 Å². The highest BCUT2D eigenvalue weighted by Crippen LogP contribution is 2.36. The summed E-state index contributed by atoms with van der Waals surface area (Å²) in [6.45, 7) is 3.12. The van der Waals surface area contributed by atoms with Gasteiger partial charge >= 0.3 is 0 Å². The summed E-state index contributed by atoms with van der Waals surface area (Å²) >= 11 is 0. The van der Waals surface area contributed by atoms with E-state index >= 15 is 0 Å². The standard InChI is InChI=1S/C16H21N3O3/c1-10-5-6-15(19(21)22)12(7-10)16(20)18-8-11-3-2-4-14(17)13(11)9-18/h5-7,11,13-14H,2-4,8-9,17H2,1H3. The smallest absolute Gasteiger partial charge is 0.282 e. The van der Waals surface area contributed by atoms with Crippen molar-refractivity contribution in [1.29, 1.82) is 0 Å². The summed E-state index contributed by atoms with van der Waals surface area (Å²) in [6, 6.07) is 4.83. The summed E-state index contributed by atoms with van der Waals surface area (Å²) in [6.07, 6.45) is 3.21. The Morgan fingerprint density at radius 2 is 2.14 bits per heavy atom. The van der Waals surface area contributed by atoms with E-state index in [0.717, 1.165) is 24.8 Å². The van der Waals surface area contributed by atoms with Gasteiger partial charge in [0, 0.05) is 25.2 Å². The Labute approximate surface area is 129 Å². The van der Waals surface area contributed by atoms with Crippen molar-refractivity contribution in [2.45, 2.75) is 32.2 Å². The van der Waals surface area contributed by atoms with E-state index in [1.54, 1.807) is 17.0 Å². The van der Waals surface area contributed by atoms with Crippen molar-refractivity contribution in [1.82, 2.24) is 4.90 Å². The number of hydrogen-bond acceptors (Lipinski definition) is 4. The fraction of sp³-hybridized carbons (Fsp3) is 0.562. The molecule has 2 aliphatic rings. The van der Waals surface area contributed by atoms with E-state index < -0.39 is 4.92 Å². The molecule has 1 aliphatic carbocycles. The first-order chi connectivity index (χ1) is 10.5. The van der Waals surface area contributed by atoms with Crippen LogP contribution in [0.3, 0.4) is 0 Å². The maximum absolute atomic E-state index is 12.8. The number of nitrogens with zero attached hydrogens (tertiary/aromatic N) is 2. The van der Waals surface area contributed by atoms with E-state index in [1.165, 1.54) is 6.07 Å². The summed E-state index contributed by atoms with van der Waals surface area (Å²) in [5.74, 6) is 0.537. The minimum absolute atomic E-state index is 0.116. The number of carbonyl (C=O) groups is 1. The van der Waals surface area contributed by atoms with Crippen molar-refractivity contribution in [3.63, 3.8) is 0 Å². The number of likely N-dealkylation sites (tertiary alicyclic amines) is 1. The summed E-state index contributed by atoms with van der Waals surface area (Å²) in [5, 5.41) is 11.2. The number of carbonyl (C=O) groups excluding carboxylic acids is 1. The van der Waals surface area contributed by atoms with E-state index in [4.69, 9.17) is 5.73 Å². The third-order valence-electron chi connectivity index (χ3n) is 5.02. The van der Waals surface area contributed by atoms with Crippen LogP contribution in [0.4, 0.5) is 5.69 Å². The number of benzene rings is 1.